The summed E-state index contributed by atoms with van der Waals surface area (Å²) in [5.74, 6) is -0.804. The summed E-state index contributed by atoms with van der Waals surface area (Å²) >= 11 is 0. The highest BCUT2D eigenvalue weighted by Crippen LogP contribution is 2.06. The minimum absolute atomic E-state index is 0. The summed E-state index contributed by atoms with van der Waals surface area (Å²) in [7, 11) is 0. The van der Waals surface area contributed by atoms with Crippen molar-refractivity contribution in [3.05, 3.63) is 11.8 Å². The first-order valence-electron chi connectivity index (χ1n) is 2.96. The van der Waals surface area contributed by atoms with Gasteiger partial charge in [-0.15, -0.1) is 12.4 Å². The van der Waals surface area contributed by atoms with Gasteiger partial charge in [-0.1, -0.05) is 0 Å². The second-order valence-corrected chi connectivity index (χ2v) is 2.03. The molecule has 0 aromatic heterocycles. The molecule has 3 nitrogen and oxygen atoms in total. The fourth-order valence-electron chi connectivity index (χ4n) is 0.817. The Labute approximate surface area is 65.5 Å². The van der Waals surface area contributed by atoms with Gasteiger partial charge in [-0.05, 0) is 12.8 Å². The van der Waals surface area contributed by atoms with Crippen LogP contribution >= 0.6 is 12.4 Å². The molecule has 0 spiro atoms. The molecular weight excluding hydrogens is 154 g/mol. The van der Waals surface area contributed by atoms with Crippen LogP contribution in [0.1, 0.15) is 12.8 Å². The van der Waals surface area contributed by atoms with E-state index in [4.69, 9.17) is 5.11 Å². The van der Waals surface area contributed by atoms with E-state index >= 15 is 0 Å². The SMILES string of the molecule is Cl.O=C(O)C1=CNCCC1. The van der Waals surface area contributed by atoms with Gasteiger partial charge in [0.1, 0.15) is 0 Å². The first kappa shape index (κ1) is 9.30. The molecule has 0 aliphatic carbocycles. The van der Waals surface area contributed by atoms with Crippen LogP contribution in [0, 0.1) is 0 Å². The van der Waals surface area contributed by atoms with E-state index in [1.54, 1.807) is 6.20 Å². The van der Waals surface area contributed by atoms with Crippen LogP contribution in [0.15, 0.2) is 11.8 Å². The fourth-order valence-corrected chi connectivity index (χ4v) is 0.817. The molecule has 1 aliphatic heterocycles. The van der Waals surface area contributed by atoms with Gasteiger partial charge in [0.25, 0.3) is 0 Å². The zero-order chi connectivity index (χ0) is 6.69. The topological polar surface area (TPSA) is 49.3 Å². The number of hydrogen-bond acceptors (Lipinski definition) is 2. The normalized spacial score (nSPS) is 16.2. The second-order valence-electron chi connectivity index (χ2n) is 2.03. The van der Waals surface area contributed by atoms with Crippen molar-refractivity contribution < 1.29 is 9.90 Å². The maximum Gasteiger partial charge on any atom is 0.333 e. The molecule has 1 aliphatic rings. The average Bonchev–Trinajstić information content (AvgIpc) is 1.90. The molecule has 1 rings (SSSR count). The van der Waals surface area contributed by atoms with E-state index in [1.807, 2.05) is 0 Å². The lowest BCUT2D eigenvalue weighted by Crippen LogP contribution is -2.17. The van der Waals surface area contributed by atoms with E-state index in [1.165, 1.54) is 0 Å². The largest absolute Gasteiger partial charge is 0.478 e. The summed E-state index contributed by atoms with van der Waals surface area (Å²) in [6.45, 7) is 0.900. The number of halogens is 1. The standard InChI is InChI=1S/C6H9NO2.ClH/c8-6(9)5-2-1-3-7-4-5;/h4,7H,1-3H2,(H,8,9);1H. The predicted octanol–water partition coefficient (Wildman–Crippen LogP) is 0.760. The van der Waals surface area contributed by atoms with Gasteiger partial charge in [0.15, 0.2) is 0 Å². The summed E-state index contributed by atoms with van der Waals surface area (Å²) < 4.78 is 0. The number of nitrogens with one attached hydrogen (secondary N) is 1. The third-order valence-corrected chi connectivity index (χ3v) is 1.32. The highest BCUT2D eigenvalue weighted by atomic mass is 35.5. The van der Waals surface area contributed by atoms with Crippen LogP contribution in [0.3, 0.4) is 0 Å². The first-order valence-corrected chi connectivity index (χ1v) is 2.96. The summed E-state index contributed by atoms with van der Waals surface area (Å²) in [6.07, 6.45) is 3.20. The predicted molar refractivity (Wildman–Crippen MR) is 40.2 cm³/mol. The molecule has 0 aromatic rings. The van der Waals surface area contributed by atoms with Crippen molar-refractivity contribution >= 4 is 18.4 Å². The molecule has 1 heterocycles. The molecule has 0 fully saturated rings. The van der Waals surface area contributed by atoms with Crippen molar-refractivity contribution in [1.82, 2.24) is 5.32 Å². The maximum absolute atomic E-state index is 10.2. The fraction of sp³-hybridized carbons (Fsp3) is 0.500. The van der Waals surface area contributed by atoms with Gasteiger partial charge in [-0.2, -0.15) is 0 Å². The maximum atomic E-state index is 10.2. The number of carboxylic acids is 1. The monoisotopic (exact) mass is 163 g/mol. The van der Waals surface area contributed by atoms with Gasteiger partial charge >= 0.3 is 5.97 Å². The molecule has 0 atom stereocenters. The molecule has 2 N–H and O–H groups in total. The van der Waals surface area contributed by atoms with Crippen LogP contribution in [-0.2, 0) is 4.79 Å². The minimum Gasteiger partial charge on any atom is -0.478 e. The van der Waals surface area contributed by atoms with Crippen LogP contribution in [0.5, 0.6) is 0 Å². The molecular formula is C6H10ClNO2. The Balaban J connectivity index is 0.000000810. The van der Waals surface area contributed by atoms with Gasteiger partial charge < -0.3 is 10.4 Å². The lowest BCUT2D eigenvalue weighted by molar-refractivity contribution is -0.132. The van der Waals surface area contributed by atoms with Crippen molar-refractivity contribution in [3.8, 4) is 0 Å². The van der Waals surface area contributed by atoms with Crippen molar-refractivity contribution in [1.29, 1.82) is 0 Å². The molecule has 10 heavy (non-hydrogen) atoms. The Hall–Kier alpha value is -0.700. The van der Waals surface area contributed by atoms with Crippen LogP contribution in [0.4, 0.5) is 0 Å². The van der Waals surface area contributed by atoms with Crippen molar-refractivity contribution in [2.75, 3.05) is 6.54 Å². The second kappa shape index (κ2) is 4.17. The minimum atomic E-state index is -0.804. The van der Waals surface area contributed by atoms with Gasteiger partial charge in [-0.3, -0.25) is 0 Å². The molecule has 0 saturated carbocycles. The molecule has 0 unspecified atom stereocenters. The molecule has 0 bridgehead atoms. The van der Waals surface area contributed by atoms with Crippen molar-refractivity contribution in [3.63, 3.8) is 0 Å². The molecule has 0 radical (unpaired) electrons. The lowest BCUT2D eigenvalue weighted by Gasteiger charge is -2.09. The molecule has 58 valence electrons. The van der Waals surface area contributed by atoms with Crippen LogP contribution in [0.2, 0.25) is 0 Å². The summed E-state index contributed by atoms with van der Waals surface area (Å²) in [5, 5.41) is 11.3. The van der Waals surface area contributed by atoms with E-state index in [2.05, 4.69) is 5.32 Å². The summed E-state index contributed by atoms with van der Waals surface area (Å²) in [4.78, 5) is 10.2. The highest BCUT2D eigenvalue weighted by Gasteiger charge is 2.08. The zero-order valence-electron chi connectivity index (χ0n) is 5.46. The highest BCUT2D eigenvalue weighted by molar-refractivity contribution is 5.86. The Kier molecular flexibility index (Phi) is 3.88. The van der Waals surface area contributed by atoms with E-state index in [9.17, 15) is 4.79 Å². The number of carboxylic acid groups (broad SMARTS) is 1. The third kappa shape index (κ3) is 2.27. The molecule has 4 heteroatoms. The molecule has 0 aromatic carbocycles. The zero-order valence-corrected chi connectivity index (χ0v) is 6.28. The lowest BCUT2D eigenvalue weighted by atomic mass is 10.1. The van der Waals surface area contributed by atoms with Crippen LogP contribution < -0.4 is 5.32 Å². The van der Waals surface area contributed by atoms with Crippen LogP contribution in [-0.4, -0.2) is 17.6 Å². The van der Waals surface area contributed by atoms with Crippen molar-refractivity contribution in [2.45, 2.75) is 12.8 Å². The molecule has 0 saturated heterocycles. The Morgan fingerprint density at radius 3 is 2.70 bits per heavy atom. The average molecular weight is 164 g/mol. The van der Waals surface area contributed by atoms with Gasteiger partial charge in [0, 0.05) is 12.7 Å². The van der Waals surface area contributed by atoms with E-state index in [0.29, 0.717) is 12.0 Å². The van der Waals surface area contributed by atoms with Crippen LogP contribution in [0.25, 0.3) is 0 Å². The Morgan fingerprint density at radius 2 is 2.40 bits per heavy atom. The number of hydrogen-bond donors (Lipinski definition) is 2. The number of aliphatic carboxylic acids is 1. The van der Waals surface area contributed by atoms with Gasteiger partial charge in [0.2, 0.25) is 0 Å². The third-order valence-electron chi connectivity index (χ3n) is 1.32. The summed E-state index contributed by atoms with van der Waals surface area (Å²) in [5.41, 5.74) is 0.487. The van der Waals surface area contributed by atoms with E-state index < -0.39 is 5.97 Å². The first-order chi connectivity index (χ1) is 4.30. The quantitative estimate of drug-likeness (QED) is 0.600. The van der Waals surface area contributed by atoms with E-state index in [0.717, 1.165) is 13.0 Å². The van der Waals surface area contributed by atoms with Gasteiger partial charge in [-0.25, -0.2) is 4.79 Å². The number of rotatable bonds is 1. The van der Waals surface area contributed by atoms with Crippen molar-refractivity contribution in [2.24, 2.45) is 0 Å². The Morgan fingerprint density at radius 1 is 1.70 bits per heavy atom. The summed E-state index contributed by atoms with van der Waals surface area (Å²) in [6, 6.07) is 0. The number of carbonyl (C=O) groups is 1. The van der Waals surface area contributed by atoms with Gasteiger partial charge in [0.05, 0.1) is 5.57 Å². The smallest absolute Gasteiger partial charge is 0.333 e. The van der Waals surface area contributed by atoms with E-state index in [-0.39, 0.29) is 12.4 Å². The Bertz CT molecular complexity index is 156. The molecule has 0 amide bonds.